The normalized spacial score (nSPS) is 15.7. The molecule has 0 radical (unpaired) electrons. The molecule has 7 heteroatoms. The van der Waals surface area contributed by atoms with Gasteiger partial charge in [0.15, 0.2) is 0 Å². The van der Waals surface area contributed by atoms with Gasteiger partial charge in [0.05, 0.1) is 19.8 Å². The van der Waals surface area contributed by atoms with Crippen LogP contribution in [0, 0.1) is 0 Å². The fourth-order valence-corrected chi connectivity index (χ4v) is 1.68. The van der Waals surface area contributed by atoms with Gasteiger partial charge in [0, 0.05) is 37.6 Å². The highest BCUT2D eigenvalue weighted by atomic mass is 16.5. The highest BCUT2D eigenvalue weighted by Gasteiger charge is 2.13. The maximum atomic E-state index is 10.3. The third-order valence-electron chi connectivity index (χ3n) is 2.59. The van der Waals surface area contributed by atoms with E-state index >= 15 is 0 Å². The molecule has 0 bridgehead atoms. The summed E-state index contributed by atoms with van der Waals surface area (Å²) in [5.74, 6) is -0.180. The van der Waals surface area contributed by atoms with Crippen molar-refractivity contribution in [3.63, 3.8) is 0 Å². The van der Waals surface area contributed by atoms with Crippen molar-refractivity contribution >= 4 is 11.9 Å². The Labute approximate surface area is 105 Å². The molecule has 7 nitrogen and oxygen atoms in total. The largest absolute Gasteiger partial charge is 0.480 e. The molecule has 2 heterocycles. The molecule has 0 aromatic carbocycles. The molecule has 0 unspecified atom stereocenters. The predicted molar refractivity (Wildman–Crippen MR) is 64.4 cm³/mol. The maximum Gasteiger partial charge on any atom is 0.317 e. The van der Waals surface area contributed by atoms with Crippen LogP contribution in [0.25, 0.3) is 0 Å². The number of hydrogen-bond donors (Lipinski definition) is 2. The summed E-state index contributed by atoms with van der Waals surface area (Å²) in [6, 6.07) is 0. The molecule has 2 rings (SSSR count). The highest BCUT2D eigenvalue weighted by Crippen LogP contribution is 2.09. The van der Waals surface area contributed by atoms with Gasteiger partial charge in [0.1, 0.15) is 0 Å². The summed E-state index contributed by atoms with van der Waals surface area (Å²) in [4.78, 5) is 20.9. The van der Waals surface area contributed by atoms with E-state index in [0.29, 0.717) is 25.7 Å². The van der Waals surface area contributed by atoms with Gasteiger partial charge >= 0.3 is 5.97 Å². The van der Waals surface area contributed by atoms with Gasteiger partial charge in [-0.25, -0.2) is 9.97 Å². The first-order valence-electron chi connectivity index (χ1n) is 5.82. The van der Waals surface area contributed by atoms with E-state index in [0.717, 1.165) is 18.7 Å². The van der Waals surface area contributed by atoms with Gasteiger partial charge in [-0.05, 0) is 0 Å². The van der Waals surface area contributed by atoms with Gasteiger partial charge in [-0.15, -0.1) is 0 Å². The van der Waals surface area contributed by atoms with Gasteiger partial charge in [0.25, 0.3) is 0 Å². The molecule has 1 aromatic rings. The Morgan fingerprint density at radius 1 is 1.39 bits per heavy atom. The number of carboxylic acid groups (broad SMARTS) is 1. The van der Waals surface area contributed by atoms with Gasteiger partial charge in [-0.3, -0.25) is 4.79 Å². The van der Waals surface area contributed by atoms with Crippen molar-refractivity contribution < 1.29 is 14.6 Å². The number of aromatic nitrogens is 2. The molecule has 0 atom stereocenters. The summed E-state index contributed by atoms with van der Waals surface area (Å²) in [7, 11) is 0. The summed E-state index contributed by atoms with van der Waals surface area (Å²) in [6.45, 7) is 3.39. The van der Waals surface area contributed by atoms with Crippen molar-refractivity contribution in [1.29, 1.82) is 0 Å². The number of nitrogens with zero attached hydrogens (tertiary/aromatic N) is 3. The first-order chi connectivity index (χ1) is 8.75. The molecule has 2 N–H and O–H groups in total. The molecular formula is C11H16N4O3. The first-order valence-corrected chi connectivity index (χ1v) is 5.82. The minimum absolute atomic E-state index is 0.0643. The van der Waals surface area contributed by atoms with Crippen molar-refractivity contribution in [3.05, 3.63) is 18.0 Å². The first kappa shape index (κ1) is 12.7. The summed E-state index contributed by atoms with van der Waals surface area (Å²) in [5.41, 5.74) is 0.869. The van der Waals surface area contributed by atoms with E-state index in [9.17, 15) is 4.79 Å². The lowest BCUT2D eigenvalue weighted by atomic mass is 10.3. The molecule has 0 amide bonds. The van der Waals surface area contributed by atoms with Crippen LogP contribution in [0.4, 0.5) is 5.95 Å². The lowest BCUT2D eigenvalue weighted by Gasteiger charge is -2.26. The number of nitrogens with one attached hydrogen (secondary N) is 1. The van der Waals surface area contributed by atoms with E-state index in [1.165, 1.54) is 0 Å². The van der Waals surface area contributed by atoms with Crippen molar-refractivity contribution in [3.8, 4) is 0 Å². The molecule has 1 aliphatic heterocycles. The second-order valence-electron chi connectivity index (χ2n) is 3.99. The number of rotatable bonds is 5. The Morgan fingerprint density at radius 3 is 2.67 bits per heavy atom. The van der Waals surface area contributed by atoms with Crippen molar-refractivity contribution in [1.82, 2.24) is 15.3 Å². The van der Waals surface area contributed by atoms with Crippen LogP contribution >= 0.6 is 0 Å². The van der Waals surface area contributed by atoms with Gasteiger partial charge < -0.3 is 20.1 Å². The second kappa shape index (κ2) is 6.27. The quantitative estimate of drug-likeness (QED) is 0.729. The van der Waals surface area contributed by atoms with E-state index in [2.05, 4.69) is 20.2 Å². The fraction of sp³-hybridized carbons (Fsp3) is 0.545. The van der Waals surface area contributed by atoms with Gasteiger partial charge in [-0.1, -0.05) is 0 Å². The number of ether oxygens (including phenoxy) is 1. The third-order valence-corrected chi connectivity index (χ3v) is 2.59. The van der Waals surface area contributed by atoms with Gasteiger partial charge in [-0.2, -0.15) is 0 Å². The maximum absolute atomic E-state index is 10.3. The molecule has 98 valence electrons. The van der Waals surface area contributed by atoms with Crippen molar-refractivity contribution in [2.24, 2.45) is 0 Å². The Morgan fingerprint density at radius 2 is 2.06 bits per heavy atom. The van der Waals surface area contributed by atoms with Crippen LogP contribution in [-0.4, -0.2) is 53.9 Å². The summed E-state index contributed by atoms with van der Waals surface area (Å²) >= 11 is 0. The number of morpholine rings is 1. The lowest BCUT2D eigenvalue weighted by molar-refractivity contribution is -0.135. The van der Waals surface area contributed by atoms with E-state index in [4.69, 9.17) is 9.84 Å². The fourth-order valence-electron chi connectivity index (χ4n) is 1.68. The van der Waals surface area contributed by atoms with Crippen LogP contribution in [0.1, 0.15) is 5.56 Å². The van der Waals surface area contributed by atoms with E-state index < -0.39 is 5.97 Å². The summed E-state index contributed by atoms with van der Waals surface area (Å²) in [5, 5.41) is 11.3. The van der Waals surface area contributed by atoms with Crippen LogP contribution in [0.5, 0.6) is 0 Å². The average molecular weight is 252 g/mol. The monoisotopic (exact) mass is 252 g/mol. The molecule has 1 fully saturated rings. The minimum Gasteiger partial charge on any atom is -0.480 e. The Hall–Kier alpha value is -1.73. The third kappa shape index (κ3) is 3.64. The number of hydrogen-bond acceptors (Lipinski definition) is 6. The van der Waals surface area contributed by atoms with E-state index in [1.54, 1.807) is 12.4 Å². The van der Waals surface area contributed by atoms with Crippen molar-refractivity contribution in [2.75, 3.05) is 37.7 Å². The van der Waals surface area contributed by atoms with Crippen LogP contribution < -0.4 is 10.2 Å². The molecule has 1 aromatic heterocycles. The zero-order valence-corrected chi connectivity index (χ0v) is 10.0. The standard InChI is InChI=1S/C11H16N4O3/c16-10(17)8-12-5-9-6-13-11(14-7-9)15-1-3-18-4-2-15/h6-7,12H,1-5,8H2,(H,16,17). The Balaban J connectivity index is 1.86. The van der Waals surface area contributed by atoms with E-state index in [1.807, 2.05) is 0 Å². The number of anilines is 1. The molecular weight excluding hydrogens is 236 g/mol. The number of carboxylic acids is 1. The van der Waals surface area contributed by atoms with Crippen LogP contribution in [0.15, 0.2) is 12.4 Å². The molecule has 0 spiro atoms. The zero-order valence-electron chi connectivity index (χ0n) is 10.0. The topological polar surface area (TPSA) is 87.6 Å². The number of carbonyl (C=O) groups is 1. The SMILES string of the molecule is O=C(O)CNCc1cnc(N2CCOCC2)nc1. The second-order valence-corrected chi connectivity index (χ2v) is 3.99. The van der Waals surface area contributed by atoms with Crippen LogP contribution in [-0.2, 0) is 16.1 Å². The molecule has 0 saturated carbocycles. The summed E-state index contributed by atoms with van der Waals surface area (Å²) < 4.78 is 5.26. The molecule has 18 heavy (non-hydrogen) atoms. The smallest absolute Gasteiger partial charge is 0.317 e. The van der Waals surface area contributed by atoms with Gasteiger partial charge in [0.2, 0.25) is 5.95 Å². The Bertz CT molecular complexity index is 390. The zero-order chi connectivity index (χ0) is 12.8. The van der Waals surface area contributed by atoms with Crippen LogP contribution in [0.3, 0.4) is 0 Å². The lowest BCUT2D eigenvalue weighted by Crippen LogP contribution is -2.37. The average Bonchev–Trinajstić information content (AvgIpc) is 2.40. The van der Waals surface area contributed by atoms with E-state index in [-0.39, 0.29) is 6.54 Å². The molecule has 1 aliphatic rings. The van der Waals surface area contributed by atoms with Crippen molar-refractivity contribution in [2.45, 2.75) is 6.54 Å². The predicted octanol–water partition coefficient (Wildman–Crippen LogP) is -0.513. The number of aliphatic carboxylic acids is 1. The Kier molecular flexibility index (Phi) is 4.43. The summed E-state index contributed by atoms with van der Waals surface area (Å²) in [6.07, 6.45) is 3.43. The molecule has 1 saturated heterocycles. The highest BCUT2D eigenvalue weighted by molar-refractivity contribution is 5.68. The minimum atomic E-state index is -0.874. The molecule has 0 aliphatic carbocycles. The van der Waals surface area contributed by atoms with Crippen LogP contribution in [0.2, 0.25) is 0 Å².